The van der Waals surface area contributed by atoms with Gasteiger partial charge in [-0.25, -0.2) is 17.5 Å². The smallest absolute Gasteiger partial charge is 0.352 e. The molecule has 6 nitrogen and oxygen atoms in total. The van der Waals surface area contributed by atoms with E-state index < -0.39 is 16.0 Å². The molecule has 2 heterocycles. The molecule has 1 fully saturated rings. The number of piperidine rings is 1. The maximum atomic E-state index is 12.1. The molecule has 1 saturated heterocycles. The predicted octanol–water partition coefficient (Wildman–Crippen LogP) is 1.95. The lowest BCUT2D eigenvalue weighted by molar-refractivity contribution is 0.0680. The summed E-state index contributed by atoms with van der Waals surface area (Å²) in [5, 5.41) is 9.14. The van der Waals surface area contributed by atoms with E-state index in [2.05, 4.69) is 0 Å². The Morgan fingerprint density at radius 3 is 2.62 bits per heavy atom. The van der Waals surface area contributed by atoms with Crippen LogP contribution >= 0.6 is 0 Å². The van der Waals surface area contributed by atoms with Crippen molar-refractivity contribution < 1.29 is 18.3 Å². The Balaban J connectivity index is 2.00. The molecule has 0 radical (unpaired) electrons. The fraction of sp³-hybridized carbons (Fsp3) is 0.643. The average molecular weight is 314 g/mol. The van der Waals surface area contributed by atoms with Crippen LogP contribution in [0.1, 0.15) is 49.1 Å². The number of unbranched alkanes of at least 4 members (excludes halogenated alkanes) is 1. The summed E-state index contributed by atoms with van der Waals surface area (Å²) >= 11 is 0. The van der Waals surface area contributed by atoms with Gasteiger partial charge < -0.3 is 9.67 Å². The van der Waals surface area contributed by atoms with Gasteiger partial charge >= 0.3 is 5.97 Å². The molecule has 0 spiro atoms. The molecule has 0 aliphatic carbocycles. The highest BCUT2D eigenvalue weighted by Gasteiger charge is 2.29. The topological polar surface area (TPSA) is 79.6 Å². The normalized spacial score (nSPS) is 18.0. The summed E-state index contributed by atoms with van der Waals surface area (Å²) in [4.78, 5) is 11.1. The minimum Gasteiger partial charge on any atom is -0.477 e. The second kappa shape index (κ2) is 6.62. The number of aromatic carboxylic acids is 1. The molecule has 2 rings (SSSR count). The first-order valence-electron chi connectivity index (χ1n) is 7.33. The van der Waals surface area contributed by atoms with Gasteiger partial charge in [-0.05, 0) is 31.4 Å². The lowest BCUT2D eigenvalue weighted by Gasteiger charge is -2.32. The highest BCUT2D eigenvalue weighted by atomic mass is 32.2. The Labute approximate surface area is 125 Å². The molecule has 0 atom stereocenters. The molecule has 0 unspecified atom stereocenters. The van der Waals surface area contributed by atoms with E-state index in [9.17, 15) is 13.2 Å². The second-order valence-electron chi connectivity index (χ2n) is 5.41. The molecule has 0 aromatic carbocycles. The van der Waals surface area contributed by atoms with Crippen molar-refractivity contribution in [1.82, 2.24) is 8.87 Å². The fourth-order valence-electron chi connectivity index (χ4n) is 2.75. The van der Waals surface area contributed by atoms with Gasteiger partial charge in [0.05, 0.1) is 5.75 Å². The van der Waals surface area contributed by atoms with Crippen molar-refractivity contribution in [1.29, 1.82) is 0 Å². The number of nitrogens with zero attached hydrogens (tertiary/aromatic N) is 2. The Morgan fingerprint density at radius 1 is 1.38 bits per heavy atom. The second-order valence-corrected chi connectivity index (χ2v) is 7.49. The largest absolute Gasteiger partial charge is 0.477 e. The standard InChI is InChI=1S/C14H22N2O4S/c1-2-3-11-21(19,20)15-9-6-12(7-10-15)16-8-4-5-13(16)14(17)18/h4-5,8,12H,2-3,6-7,9-11H2,1H3,(H,17,18). The molecular formula is C14H22N2O4S. The quantitative estimate of drug-likeness (QED) is 0.870. The zero-order chi connectivity index (χ0) is 15.5. The molecule has 1 aliphatic rings. The molecule has 21 heavy (non-hydrogen) atoms. The third kappa shape index (κ3) is 3.65. The van der Waals surface area contributed by atoms with Crippen LogP contribution in [0.2, 0.25) is 0 Å². The number of carboxylic acid groups (broad SMARTS) is 1. The van der Waals surface area contributed by atoms with Gasteiger partial charge in [-0.2, -0.15) is 0 Å². The number of carbonyl (C=O) groups is 1. The van der Waals surface area contributed by atoms with Crippen LogP contribution in [0.3, 0.4) is 0 Å². The maximum absolute atomic E-state index is 12.1. The van der Waals surface area contributed by atoms with Crippen LogP contribution in [0.15, 0.2) is 18.3 Å². The third-order valence-corrected chi connectivity index (χ3v) is 5.92. The highest BCUT2D eigenvalue weighted by Crippen LogP contribution is 2.26. The van der Waals surface area contributed by atoms with E-state index in [1.807, 2.05) is 6.92 Å². The first-order valence-corrected chi connectivity index (χ1v) is 8.94. The van der Waals surface area contributed by atoms with Crippen LogP contribution in [0, 0.1) is 0 Å². The van der Waals surface area contributed by atoms with E-state index in [0.717, 1.165) is 6.42 Å². The molecule has 0 saturated carbocycles. The van der Waals surface area contributed by atoms with E-state index >= 15 is 0 Å². The molecular weight excluding hydrogens is 292 g/mol. The van der Waals surface area contributed by atoms with Gasteiger partial charge in [0.15, 0.2) is 0 Å². The number of hydrogen-bond donors (Lipinski definition) is 1. The summed E-state index contributed by atoms with van der Waals surface area (Å²) in [5.74, 6) is -0.740. The predicted molar refractivity (Wildman–Crippen MR) is 79.9 cm³/mol. The SMILES string of the molecule is CCCCS(=O)(=O)N1CCC(n2cccc2C(=O)O)CC1. The average Bonchev–Trinajstić information content (AvgIpc) is 2.95. The Kier molecular flexibility index (Phi) is 5.05. The van der Waals surface area contributed by atoms with Gasteiger partial charge in [0.1, 0.15) is 5.69 Å². The Hall–Kier alpha value is -1.34. The van der Waals surface area contributed by atoms with E-state index in [1.54, 1.807) is 27.2 Å². The number of aromatic nitrogens is 1. The highest BCUT2D eigenvalue weighted by molar-refractivity contribution is 7.89. The molecule has 118 valence electrons. The molecule has 0 bridgehead atoms. The first-order chi connectivity index (χ1) is 9.95. The summed E-state index contributed by atoms with van der Waals surface area (Å²) in [7, 11) is -3.16. The van der Waals surface area contributed by atoms with E-state index in [1.165, 1.54) is 0 Å². The van der Waals surface area contributed by atoms with Crippen LogP contribution < -0.4 is 0 Å². The molecule has 0 amide bonds. The van der Waals surface area contributed by atoms with Gasteiger partial charge in [0.2, 0.25) is 10.0 Å². The van der Waals surface area contributed by atoms with Crippen LogP contribution in [0.25, 0.3) is 0 Å². The van der Waals surface area contributed by atoms with Crippen molar-refractivity contribution in [2.45, 2.75) is 38.6 Å². The van der Waals surface area contributed by atoms with Gasteiger partial charge in [-0.3, -0.25) is 0 Å². The molecule has 1 aromatic rings. The van der Waals surface area contributed by atoms with E-state index in [-0.39, 0.29) is 17.5 Å². The van der Waals surface area contributed by atoms with Crippen molar-refractivity contribution in [3.63, 3.8) is 0 Å². The Bertz CT molecular complexity index is 586. The van der Waals surface area contributed by atoms with E-state index in [0.29, 0.717) is 32.4 Å². The zero-order valence-electron chi connectivity index (χ0n) is 12.2. The third-order valence-electron chi connectivity index (χ3n) is 3.96. The monoisotopic (exact) mass is 314 g/mol. The van der Waals surface area contributed by atoms with Gasteiger partial charge in [0, 0.05) is 25.3 Å². The summed E-state index contributed by atoms with van der Waals surface area (Å²) < 4.78 is 27.6. The minimum absolute atomic E-state index is 0.0590. The lowest BCUT2D eigenvalue weighted by atomic mass is 10.1. The molecule has 7 heteroatoms. The van der Waals surface area contributed by atoms with Crippen molar-refractivity contribution in [2.75, 3.05) is 18.8 Å². The van der Waals surface area contributed by atoms with Crippen LogP contribution in [0.4, 0.5) is 0 Å². The van der Waals surface area contributed by atoms with E-state index in [4.69, 9.17) is 5.11 Å². The maximum Gasteiger partial charge on any atom is 0.352 e. The van der Waals surface area contributed by atoms with Gasteiger partial charge in [-0.15, -0.1) is 0 Å². The number of hydrogen-bond acceptors (Lipinski definition) is 3. The Morgan fingerprint density at radius 2 is 2.05 bits per heavy atom. The first kappa shape index (κ1) is 16.0. The number of rotatable bonds is 6. The van der Waals surface area contributed by atoms with Crippen molar-refractivity contribution in [2.24, 2.45) is 0 Å². The lowest BCUT2D eigenvalue weighted by Crippen LogP contribution is -2.40. The van der Waals surface area contributed by atoms with Crippen molar-refractivity contribution in [3.8, 4) is 0 Å². The number of sulfonamides is 1. The summed E-state index contributed by atoms with van der Waals surface area (Å²) in [6.45, 7) is 2.91. The van der Waals surface area contributed by atoms with Crippen LogP contribution in [-0.2, 0) is 10.0 Å². The van der Waals surface area contributed by atoms with Crippen molar-refractivity contribution >= 4 is 16.0 Å². The fourth-order valence-corrected chi connectivity index (χ4v) is 4.43. The number of carboxylic acids is 1. The minimum atomic E-state index is -3.16. The summed E-state index contributed by atoms with van der Waals surface area (Å²) in [6, 6.07) is 3.35. The summed E-state index contributed by atoms with van der Waals surface area (Å²) in [5.41, 5.74) is 0.266. The zero-order valence-corrected chi connectivity index (χ0v) is 13.1. The molecule has 1 aromatic heterocycles. The molecule has 1 N–H and O–H groups in total. The molecule has 1 aliphatic heterocycles. The van der Waals surface area contributed by atoms with Gasteiger partial charge in [-0.1, -0.05) is 13.3 Å². The summed E-state index contributed by atoms with van der Waals surface area (Å²) in [6.07, 6.45) is 4.61. The van der Waals surface area contributed by atoms with Crippen LogP contribution in [0.5, 0.6) is 0 Å². The van der Waals surface area contributed by atoms with Gasteiger partial charge in [0.25, 0.3) is 0 Å². The van der Waals surface area contributed by atoms with Crippen LogP contribution in [-0.4, -0.2) is 47.2 Å². The van der Waals surface area contributed by atoms with Crippen molar-refractivity contribution in [3.05, 3.63) is 24.0 Å².